The van der Waals surface area contributed by atoms with Crippen LogP contribution in [-0.2, 0) is 11.2 Å². The van der Waals surface area contributed by atoms with Crippen LogP contribution in [0.1, 0.15) is 40.9 Å². The van der Waals surface area contributed by atoms with Gasteiger partial charge in [-0.2, -0.15) is 0 Å². The second-order valence-corrected chi connectivity index (χ2v) is 7.95. The maximum atomic E-state index is 12.5. The fourth-order valence-electron chi connectivity index (χ4n) is 2.21. The van der Waals surface area contributed by atoms with Crippen molar-refractivity contribution in [3.8, 4) is 5.75 Å². The van der Waals surface area contributed by atoms with Crippen molar-refractivity contribution in [2.24, 2.45) is 0 Å². The molecule has 25 heavy (non-hydrogen) atoms. The van der Waals surface area contributed by atoms with Crippen LogP contribution in [0, 0.1) is 6.92 Å². The molecule has 0 aliphatic rings. The number of carbonyl (C=O) groups excluding carboxylic acids is 2. The molecule has 1 aromatic carbocycles. The van der Waals surface area contributed by atoms with Crippen LogP contribution in [0.2, 0.25) is 0 Å². The molecule has 1 N–H and O–H groups in total. The molecule has 6 heteroatoms. The number of benzene rings is 1. The summed E-state index contributed by atoms with van der Waals surface area (Å²) in [6, 6.07) is 8.98. The molecule has 1 aromatic heterocycles. The number of anilines is 1. The summed E-state index contributed by atoms with van der Waals surface area (Å²) < 4.78 is 10.5. The van der Waals surface area contributed by atoms with Crippen LogP contribution in [0.25, 0.3) is 0 Å². The number of thiophene rings is 1. The Balaban J connectivity index is 2.22. The molecule has 0 unspecified atom stereocenters. The standard InChI is InChI=1S/C19H23NO4S/c1-12-6-9-17(25-12)16(21)10-13-7-8-14(23-5)11-15(13)20-18(22)24-19(2,3)4/h6-9,11H,10H2,1-5H3,(H,20,22). The van der Waals surface area contributed by atoms with Crippen molar-refractivity contribution < 1.29 is 19.1 Å². The number of aryl methyl sites for hydroxylation is 1. The summed E-state index contributed by atoms with van der Waals surface area (Å²) in [6.45, 7) is 7.34. The molecule has 0 atom stereocenters. The summed E-state index contributed by atoms with van der Waals surface area (Å²) >= 11 is 1.46. The Morgan fingerprint density at radius 1 is 1.16 bits per heavy atom. The highest BCUT2D eigenvalue weighted by atomic mass is 32.1. The number of carbonyl (C=O) groups is 2. The fraction of sp³-hybridized carbons (Fsp3) is 0.368. The molecular formula is C19H23NO4S. The normalized spacial score (nSPS) is 11.1. The maximum Gasteiger partial charge on any atom is 0.412 e. The first-order valence-corrected chi connectivity index (χ1v) is 8.76. The SMILES string of the molecule is COc1ccc(CC(=O)c2ccc(C)s2)c(NC(=O)OC(C)(C)C)c1. The van der Waals surface area contributed by atoms with E-state index in [-0.39, 0.29) is 12.2 Å². The van der Waals surface area contributed by atoms with Gasteiger partial charge >= 0.3 is 6.09 Å². The highest BCUT2D eigenvalue weighted by Crippen LogP contribution is 2.26. The third-order valence-electron chi connectivity index (χ3n) is 3.32. The number of rotatable bonds is 5. The van der Waals surface area contributed by atoms with Crippen LogP contribution in [-0.4, -0.2) is 24.6 Å². The zero-order chi connectivity index (χ0) is 18.6. The summed E-state index contributed by atoms with van der Waals surface area (Å²) in [7, 11) is 1.55. The van der Waals surface area contributed by atoms with E-state index in [0.717, 1.165) is 4.88 Å². The minimum Gasteiger partial charge on any atom is -0.497 e. The van der Waals surface area contributed by atoms with Crippen molar-refractivity contribution in [3.63, 3.8) is 0 Å². The lowest BCUT2D eigenvalue weighted by Gasteiger charge is -2.20. The van der Waals surface area contributed by atoms with E-state index in [0.29, 0.717) is 21.9 Å². The van der Waals surface area contributed by atoms with Gasteiger partial charge in [-0.25, -0.2) is 4.79 Å². The Morgan fingerprint density at radius 2 is 1.88 bits per heavy atom. The molecule has 0 radical (unpaired) electrons. The van der Waals surface area contributed by atoms with Gasteiger partial charge in [-0.05, 0) is 51.5 Å². The molecule has 0 spiro atoms. The summed E-state index contributed by atoms with van der Waals surface area (Å²) in [5, 5.41) is 2.71. The molecule has 0 saturated heterocycles. The van der Waals surface area contributed by atoms with Gasteiger partial charge in [0.25, 0.3) is 0 Å². The minimum absolute atomic E-state index is 0.00973. The molecule has 0 bridgehead atoms. The molecule has 134 valence electrons. The smallest absolute Gasteiger partial charge is 0.412 e. The summed E-state index contributed by atoms with van der Waals surface area (Å²) in [6.07, 6.45) is -0.379. The van der Waals surface area contributed by atoms with Gasteiger partial charge in [0.15, 0.2) is 5.78 Å². The van der Waals surface area contributed by atoms with Crippen LogP contribution in [0.3, 0.4) is 0 Å². The number of ether oxygens (including phenoxy) is 2. The van der Waals surface area contributed by atoms with E-state index in [1.807, 2.05) is 19.1 Å². The number of ketones is 1. The molecule has 0 saturated carbocycles. The molecule has 5 nitrogen and oxygen atoms in total. The molecule has 1 heterocycles. The number of amides is 1. The second-order valence-electron chi connectivity index (χ2n) is 6.66. The maximum absolute atomic E-state index is 12.5. The van der Waals surface area contributed by atoms with Gasteiger partial charge < -0.3 is 9.47 Å². The van der Waals surface area contributed by atoms with Crippen molar-refractivity contribution in [1.29, 1.82) is 0 Å². The molecule has 0 aliphatic heterocycles. The van der Waals surface area contributed by atoms with E-state index in [4.69, 9.17) is 9.47 Å². The van der Waals surface area contributed by atoms with E-state index in [1.165, 1.54) is 11.3 Å². The first kappa shape index (κ1) is 19.0. The lowest BCUT2D eigenvalue weighted by Crippen LogP contribution is -2.27. The fourth-order valence-corrected chi connectivity index (χ4v) is 3.02. The van der Waals surface area contributed by atoms with Crippen molar-refractivity contribution in [1.82, 2.24) is 0 Å². The van der Waals surface area contributed by atoms with Gasteiger partial charge in [-0.1, -0.05) is 6.07 Å². The van der Waals surface area contributed by atoms with Crippen LogP contribution in [0.15, 0.2) is 30.3 Å². The van der Waals surface area contributed by atoms with Gasteiger partial charge in [0, 0.05) is 17.4 Å². The molecule has 2 rings (SSSR count). The van der Waals surface area contributed by atoms with Gasteiger partial charge in [-0.3, -0.25) is 10.1 Å². The van der Waals surface area contributed by atoms with E-state index in [2.05, 4.69) is 5.32 Å². The summed E-state index contributed by atoms with van der Waals surface area (Å²) in [4.78, 5) is 26.4. The van der Waals surface area contributed by atoms with Gasteiger partial charge in [-0.15, -0.1) is 11.3 Å². The van der Waals surface area contributed by atoms with Crippen LogP contribution in [0.5, 0.6) is 5.75 Å². The first-order chi connectivity index (χ1) is 11.7. The van der Waals surface area contributed by atoms with Crippen molar-refractivity contribution in [3.05, 3.63) is 45.6 Å². The third kappa shape index (κ3) is 5.60. The molecule has 0 fully saturated rings. The largest absolute Gasteiger partial charge is 0.497 e. The number of hydrogen-bond donors (Lipinski definition) is 1. The third-order valence-corrected chi connectivity index (χ3v) is 4.36. The Bertz CT molecular complexity index is 774. The minimum atomic E-state index is -0.604. The molecule has 2 aromatic rings. The van der Waals surface area contributed by atoms with Crippen LogP contribution < -0.4 is 10.1 Å². The number of methoxy groups -OCH3 is 1. The van der Waals surface area contributed by atoms with Crippen molar-refractivity contribution in [2.75, 3.05) is 12.4 Å². The number of Topliss-reactive ketones (excluding diaryl/α,β-unsaturated/α-hetero) is 1. The first-order valence-electron chi connectivity index (χ1n) is 7.94. The average molecular weight is 361 g/mol. The van der Waals surface area contributed by atoms with Gasteiger partial charge in [0.05, 0.1) is 17.7 Å². The quantitative estimate of drug-likeness (QED) is 0.774. The van der Waals surface area contributed by atoms with Crippen LogP contribution >= 0.6 is 11.3 Å². The second kappa shape index (κ2) is 7.70. The Kier molecular flexibility index (Phi) is 5.85. The van der Waals surface area contributed by atoms with Gasteiger partial charge in [0.2, 0.25) is 0 Å². The highest BCUT2D eigenvalue weighted by Gasteiger charge is 2.19. The summed E-state index contributed by atoms with van der Waals surface area (Å²) in [5.41, 5.74) is 0.617. The summed E-state index contributed by atoms with van der Waals surface area (Å²) in [5.74, 6) is 0.602. The zero-order valence-corrected chi connectivity index (χ0v) is 16.0. The highest BCUT2D eigenvalue weighted by molar-refractivity contribution is 7.14. The predicted octanol–water partition coefficient (Wildman–Crippen LogP) is 4.84. The monoisotopic (exact) mass is 361 g/mol. The van der Waals surface area contributed by atoms with E-state index in [9.17, 15) is 9.59 Å². The Morgan fingerprint density at radius 3 is 2.44 bits per heavy atom. The number of nitrogens with one attached hydrogen (secondary N) is 1. The van der Waals surface area contributed by atoms with Gasteiger partial charge in [0.1, 0.15) is 11.4 Å². The number of hydrogen-bond acceptors (Lipinski definition) is 5. The predicted molar refractivity (Wildman–Crippen MR) is 99.9 cm³/mol. The lowest BCUT2D eigenvalue weighted by molar-refractivity contribution is 0.0635. The van der Waals surface area contributed by atoms with Crippen molar-refractivity contribution in [2.45, 2.75) is 39.7 Å². The lowest BCUT2D eigenvalue weighted by atomic mass is 10.1. The van der Waals surface area contributed by atoms with E-state index < -0.39 is 11.7 Å². The molecule has 1 amide bonds. The van der Waals surface area contributed by atoms with Crippen molar-refractivity contribution >= 4 is 28.9 Å². The topological polar surface area (TPSA) is 64.6 Å². The molecule has 0 aliphatic carbocycles. The van der Waals surface area contributed by atoms with Crippen LogP contribution in [0.4, 0.5) is 10.5 Å². The zero-order valence-electron chi connectivity index (χ0n) is 15.1. The Hall–Kier alpha value is -2.34. The average Bonchev–Trinajstić information content (AvgIpc) is 2.93. The molecular weight excluding hydrogens is 338 g/mol. The van der Waals surface area contributed by atoms with E-state index in [1.54, 1.807) is 46.1 Å². The Labute approximate surface area is 152 Å². The van der Waals surface area contributed by atoms with E-state index >= 15 is 0 Å².